The van der Waals surface area contributed by atoms with Crippen LogP contribution in [0.5, 0.6) is 17.2 Å². The van der Waals surface area contributed by atoms with Crippen LogP contribution in [0.15, 0.2) is 17.1 Å². The lowest BCUT2D eigenvalue weighted by Crippen LogP contribution is -2.09. The number of aromatic nitrogens is 1. The lowest BCUT2D eigenvalue weighted by atomic mass is 10.1. The van der Waals surface area contributed by atoms with Crippen molar-refractivity contribution < 1.29 is 14.2 Å². The Balaban J connectivity index is 3.00. The Morgan fingerprint density at radius 3 is 2.37 bits per heavy atom. The number of hydrogen-bond acceptors (Lipinski definition) is 5. The first-order chi connectivity index (χ1) is 9.17. The summed E-state index contributed by atoms with van der Waals surface area (Å²) in [5, 5.41) is 9.17. The summed E-state index contributed by atoms with van der Waals surface area (Å²) in [5.74, 6) is 1.00. The van der Waals surface area contributed by atoms with Crippen LogP contribution in [0.1, 0.15) is 5.56 Å². The number of nitriles is 1. The maximum absolute atomic E-state index is 12.2. The lowest BCUT2D eigenvalue weighted by Gasteiger charge is -2.14. The number of pyridine rings is 1. The van der Waals surface area contributed by atoms with Crippen LogP contribution >= 0.6 is 0 Å². The molecule has 0 radical (unpaired) electrons. The molecule has 98 valence electrons. The molecule has 6 nitrogen and oxygen atoms in total. The van der Waals surface area contributed by atoms with Gasteiger partial charge in [-0.1, -0.05) is 0 Å². The third-order valence-electron chi connectivity index (χ3n) is 2.79. The number of hydrogen-bond donors (Lipinski definition) is 1. The number of fused-ring (bicyclic) bond motifs is 1. The summed E-state index contributed by atoms with van der Waals surface area (Å²) < 4.78 is 15.6. The van der Waals surface area contributed by atoms with Crippen molar-refractivity contribution in [2.45, 2.75) is 0 Å². The quantitative estimate of drug-likeness (QED) is 0.902. The van der Waals surface area contributed by atoms with E-state index in [0.717, 1.165) is 0 Å². The van der Waals surface area contributed by atoms with Crippen molar-refractivity contribution in [3.63, 3.8) is 0 Å². The summed E-state index contributed by atoms with van der Waals surface area (Å²) in [6.45, 7) is 0. The monoisotopic (exact) mass is 260 g/mol. The fourth-order valence-electron chi connectivity index (χ4n) is 1.93. The van der Waals surface area contributed by atoms with E-state index < -0.39 is 5.43 Å². The predicted molar refractivity (Wildman–Crippen MR) is 68.9 cm³/mol. The molecule has 0 spiro atoms. The van der Waals surface area contributed by atoms with Gasteiger partial charge in [0.05, 0.1) is 32.2 Å². The minimum Gasteiger partial charge on any atom is -0.493 e. The fourth-order valence-corrected chi connectivity index (χ4v) is 1.93. The second-order valence-corrected chi connectivity index (χ2v) is 3.71. The molecule has 0 aliphatic rings. The fraction of sp³-hybridized carbons (Fsp3) is 0.231. The average Bonchev–Trinajstić information content (AvgIpc) is 2.45. The Bertz CT molecular complexity index is 728. The van der Waals surface area contributed by atoms with E-state index in [4.69, 9.17) is 19.5 Å². The molecule has 0 fully saturated rings. The van der Waals surface area contributed by atoms with Gasteiger partial charge in [-0.15, -0.1) is 0 Å². The number of benzene rings is 1. The second kappa shape index (κ2) is 4.90. The van der Waals surface area contributed by atoms with E-state index in [0.29, 0.717) is 17.0 Å². The van der Waals surface area contributed by atoms with Crippen LogP contribution in [0.3, 0.4) is 0 Å². The Kier molecular flexibility index (Phi) is 3.29. The molecule has 0 amide bonds. The van der Waals surface area contributed by atoms with Gasteiger partial charge in [0, 0.05) is 12.3 Å². The second-order valence-electron chi connectivity index (χ2n) is 3.71. The Morgan fingerprint density at radius 2 is 1.84 bits per heavy atom. The topological polar surface area (TPSA) is 84.3 Å². The normalized spacial score (nSPS) is 10.0. The molecule has 0 saturated heterocycles. The minimum absolute atomic E-state index is 0.0121. The van der Waals surface area contributed by atoms with Gasteiger partial charge >= 0.3 is 0 Å². The van der Waals surface area contributed by atoms with E-state index in [1.54, 1.807) is 6.07 Å². The van der Waals surface area contributed by atoms with Crippen molar-refractivity contribution in [3.8, 4) is 23.3 Å². The highest BCUT2D eigenvalue weighted by molar-refractivity contribution is 5.91. The van der Waals surface area contributed by atoms with Gasteiger partial charge in [0.25, 0.3) is 0 Å². The van der Waals surface area contributed by atoms with E-state index in [1.165, 1.54) is 27.5 Å². The van der Waals surface area contributed by atoms with Crippen molar-refractivity contribution in [1.82, 2.24) is 4.98 Å². The van der Waals surface area contributed by atoms with Crippen molar-refractivity contribution in [2.24, 2.45) is 0 Å². The Hall–Kier alpha value is -2.68. The first-order valence-electron chi connectivity index (χ1n) is 5.42. The Labute approximate surface area is 109 Å². The van der Waals surface area contributed by atoms with Crippen LogP contribution in [-0.2, 0) is 0 Å². The van der Waals surface area contributed by atoms with E-state index in [1.807, 2.05) is 6.07 Å². The molecular formula is C13H12N2O4. The number of nitrogens with zero attached hydrogens (tertiary/aromatic N) is 1. The van der Waals surface area contributed by atoms with Crippen LogP contribution in [0.4, 0.5) is 0 Å². The molecule has 1 aromatic carbocycles. The van der Waals surface area contributed by atoms with E-state index in [-0.39, 0.29) is 16.7 Å². The number of methoxy groups -OCH3 is 3. The standard InChI is InChI=1S/C13H12N2O4/c1-17-9-4-8-10(13(19-3)12(9)18-2)11(16)7(5-14)6-15-8/h4,6H,1-3H3,(H,15,16). The number of aromatic amines is 1. The highest BCUT2D eigenvalue weighted by Crippen LogP contribution is 2.41. The number of H-pyrrole nitrogens is 1. The van der Waals surface area contributed by atoms with Crippen LogP contribution in [0.2, 0.25) is 0 Å². The average molecular weight is 260 g/mol. The van der Waals surface area contributed by atoms with E-state index >= 15 is 0 Å². The molecule has 1 aromatic heterocycles. The van der Waals surface area contributed by atoms with Gasteiger partial charge in [-0.2, -0.15) is 5.26 Å². The summed E-state index contributed by atoms with van der Waals surface area (Å²) in [5.41, 5.74) is 0.116. The molecule has 6 heteroatoms. The molecule has 0 atom stereocenters. The van der Waals surface area contributed by atoms with Gasteiger partial charge in [-0.25, -0.2) is 0 Å². The SMILES string of the molecule is COc1cc2[nH]cc(C#N)c(=O)c2c(OC)c1OC. The molecule has 1 heterocycles. The first-order valence-corrected chi connectivity index (χ1v) is 5.42. The third-order valence-corrected chi connectivity index (χ3v) is 2.79. The van der Waals surface area contributed by atoms with Gasteiger partial charge < -0.3 is 19.2 Å². The molecule has 0 unspecified atom stereocenters. The molecule has 19 heavy (non-hydrogen) atoms. The highest BCUT2D eigenvalue weighted by Gasteiger charge is 2.19. The Morgan fingerprint density at radius 1 is 1.16 bits per heavy atom. The number of nitrogens with one attached hydrogen (secondary N) is 1. The molecule has 0 aliphatic carbocycles. The van der Waals surface area contributed by atoms with Gasteiger partial charge in [0.15, 0.2) is 11.5 Å². The van der Waals surface area contributed by atoms with Crippen molar-refractivity contribution in [1.29, 1.82) is 5.26 Å². The van der Waals surface area contributed by atoms with E-state index in [2.05, 4.69) is 4.98 Å². The molecule has 0 aliphatic heterocycles. The first kappa shape index (κ1) is 12.8. The largest absolute Gasteiger partial charge is 0.493 e. The van der Waals surface area contributed by atoms with Crippen LogP contribution in [0, 0.1) is 11.3 Å². The third kappa shape index (κ3) is 1.85. The van der Waals surface area contributed by atoms with Crippen LogP contribution in [0.25, 0.3) is 10.9 Å². The smallest absolute Gasteiger partial charge is 0.211 e. The summed E-state index contributed by atoms with van der Waals surface area (Å²) in [6.07, 6.45) is 1.36. The van der Waals surface area contributed by atoms with Gasteiger partial charge in [-0.05, 0) is 0 Å². The zero-order valence-electron chi connectivity index (χ0n) is 10.7. The number of ether oxygens (including phenoxy) is 3. The number of rotatable bonds is 3. The van der Waals surface area contributed by atoms with Gasteiger partial charge in [-0.3, -0.25) is 4.79 Å². The predicted octanol–water partition coefficient (Wildman–Crippen LogP) is 1.43. The van der Waals surface area contributed by atoms with Gasteiger partial charge in [0.1, 0.15) is 11.6 Å². The summed E-state index contributed by atoms with van der Waals surface area (Å²) in [7, 11) is 4.37. The molecule has 2 aromatic rings. The molecule has 0 bridgehead atoms. The van der Waals surface area contributed by atoms with Crippen molar-refractivity contribution in [3.05, 3.63) is 28.0 Å². The zero-order valence-corrected chi connectivity index (χ0v) is 10.7. The van der Waals surface area contributed by atoms with Crippen LogP contribution < -0.4 is 19.6 Å². The van der Waals surface area contributed by atoms with Crippen molar-refractivity contribution in [2.75, 3.05) is 21.3 Å². The lowest BCUT2D eigenvalue weighted by molar-refractivity contribution is 0.327. The molecular weight excluding hydrogens is 248 g/mol. The minimum atomic E-state index is -0.408. The summed E-state index contributed by atoms with van der Waals surface area (Å²) in [6, 6.07) is 3.46. The maximum atomic E-state index is 12.2. The maximum Gasteiger partial charge on any atom is 0.211 e. The molecule has 0 saturated carbocycles. The zero-order chi connectivity index (χ0) is 14.0. The highest BCUT2D eigenvalue weighted by atomic mass is 16.5. The summed E-state index contributed by atoms with van der Waals surface area (Å²) in [4.78, 5) is 15.1. The van der Waals surface area contributed by atoms with Crippen LogP contribution in [-0.4, -0.2) is 26.3 Å². The summed E-state index contributed by atoms with van der Waals surface area (Å²) >= 11 is 0. The van der Waals surface area contributed by atoms with Gasteiger partial charge in [0.2, 0.25) is 11.2 Å². The molecule has 1 N–H and O–H groups in total. The molecule has 2 rings (SSSR count). The van der Waals surface area contributed by atoms with Crippen molar-refractivity contribution >= 4 is 10.9 Å². The van der Waals surface area contributed by atoms with E-state index in [9.17, 15) is 4.79 Å².